The van der Waals surface area contributed by atoms with Crippen LogP contribution in [0.2, 0.25) is 0 Å². The summed E-state index contributed by atoms with van der Waals surface area (Å²) in [6.45, 7) is 5.49. The number of ether oxygens (including phenoxy) is 2. The molecule has 1 aliphatic heterocycles. The zero-order valence-electron chi connectivity index (χ0n) is 19.5. The highest BCUT2D eigenvalue weighted by molar-refractivity contribution is 8.03. The molecule has 8 heteroatoms. The quantitative estimate of drug-likeness (QED) is 0.477. The summed E-state index contributed by atoms with van der Waals surface area (Å²) >= 11 is 1.24. The van der Waals surface area contributed by atoms with Gasteiger partial charge in [-0.05, 0) is 38.9 Å². The number of carbonyl (C=O) groups is 3. The van der Waals surface area contributed by atoms with Gasteiger partial charge in [0, 0.05) is 18.6 Å². The van der Waals surface area contributed by atoms with Crippen molar-refractivity contribution in [3.63, 3.8) is 0 Å². The van der Waals surface area contributed by atoms with Crippen molar-refractivity contribution in [3.8, 4) is 23.5 Å². The average molecular weight is 465 g/mol. The summed E-state index contributed by atoms with van der Waals surface area (Å²) in [5, 5.41) is 8.17. The number of alkyl carbamates (subject to hydrolysis) is 1. The summed E-state index contributed by atoms with van der Waals surface area (Å²) in [6.07, 6.45) is 12.8. The van der Waals surface area contributed by atoms with Crippen molar-refractivity contribution in [1.29, 1.82) is 0 Å². The highest BCUT2D eigenvalue weighted by Gasteiger charge is 2.28. The number of terminal acetylenes is 1. The van der Waals surface area contributed by atoms with Gasteiger partial charge in [0.2, 0.25) is 5.91 Å². The number of rotatable bonds is 2. The molecule has 0 unspecified atom stereocenters. The van der Waals surface area contributed by atoms with Crippen molar-refractivity contribution in [3.05, 3.63) is 0 Å². The van der Waals surface area contributed by atoms with Crippen molar-refractivity contribution >= 4 is 29.7 Å². The van der Waals surface area contributed by atoms with Gasteiger partial charge < -0.3 is 20.1 Å². The van der Waals surface area contributed by atoms with Gasteiger partial charge in [0.1, 0.15) is 17.7 Å². The fourth-order valence-corrected chi connectivity index (χ4v) is 3.60. The topological polar surface area (TPSA) is 93.7 Å². The molecule has 1 rings (SSSR count). The van der Waals surface area contributed by atoms with Crippen molar-refractivity contribution in [1.82, 2.24) is 10.6 Å². The number of amides is 2. The highest BCUT2D eigenvalue weighted by atomic mass is 32.2. The fraction of sp³-hybridized carbons (Fsp3) is 0.708. The molecule has 178 valence electrons. The molecule has 0 radical (unpaired) electrons. The van der Waals surface area contributed by atoms with Crippen LogP contribution in [0.3, 0.4) is 0 Å². The van der Waals surface area contributed by atoms with Gasteiger partial charge in [0.05, 0.1) is 6.61 Å². The van der Waals surface area contributed by atoms with Crippen LogP contribution in [0.4, 0.5) is 4.79 Å². The van der Waals surface area contributed by atoms with E-state index in [9.17, 15) is 14.4 Å². The monoisotopic (exact) mass is 464 g/mol. The second kappa shape index (κ2) is 15.5. The molecule has 32 heavy (non-hydrogen) atoms. The average Bonchev–Trinajstić information content (AvgIpc) is 2.70. The van der Waals surface area contributed by atoms with Crippen LogP contribution in [0.25, 0.3) is 0 Å². The highest BCUT2D eigenvalue weighted by Crippen LogP contribution is 2.11. The normalized spacial score (nSPS) is 22.3. The maximum Gasteiger partial charge on any atom is 0.408 e. The first-order chi connectivity index (χ1) is 15.2. The van der Waals surface area contributed by atoms with E-state index < -0.39 is 35.7 Å². The molecule has 2 amide bonds. The SMILES string of the molecule is C#CC[C@@H]1NC(=O)[C@@H](NC(=O)OC(C)(C)C)CSC#CCCCCCCCCCOC1=O. The summed E-state index contributed by atoms with van der Waals surface area (Å²) in [6, 6.07) is -1.92. The van der Waals surface area contributed by atoms with Gasteiger partial charge in [0.15, 0.2) is 0 Å². The lowest BCUT2D eigenvalue weighted by Crippen LogP contribution is -2.53. The minimum atomic E-state index is -0.978. The van der Waals surface area contributed by atoms with Crippen molar-refractivity contribution in [2.75, 3.05) is 12.4 Å². The Balaban J connectivity index is 2.89. The van der Waals surface area contributed by atoms with E-state index in [0.717, 1.165) is 44.9 Å². The third-order valence-corrected chi connectivity index (χ3v) is 5.30. The number of cyclic esters (lactones) is 1. The zero-order chi connectivity index (χ0) is 23.8. The molecule has 0 saturated carbocycles. The van der Waals surface area contributed by atoms with E-state index in [1.54, 1.807) is 20.8 Å². The van der Waals surface area contributed by atoms with Crippen LogP contribution >= 0.6 is 11.8 Å². The van der Waals surface area contributed by atoms with Crippen LogP contribution in [0, 0.1) is 23.5 Å². The van der Waals surface area contributed by atoms with Gasteiger partial charge in [-0.25, -0.2) is 9.59 Å². The summed E-state index contributed by atoms with van der Waals surface area (Å²) in [7, 11) is 0. The number of hydrogen-bond donors (Lipinski definition) is 2. The molecule has 2 N–H and O–H groups in total. The molecular formula is C24H36N2O5S. The van der Waals surface area contributed by atoms with E-state index in [-0.39, 0.29) is 12.2 Å². The molecule has 0 spiro atoms. The largest absolute Gasteiger partial charge is 0.464 e. The van der Waals surface area contributed by atoms with Gasteiger partial charge in [-0.15, -0.1) is 12.3 Å². The van der Waals surface area contributed by atoms with Crippen LogP contribution < -0.4 is 10.6 Å². The molecule has 0 fully saturated rings. The molecule has 0 aromatic carbocycles. The minimum Gasteiger partial charge on any atom is -0.464 e. The molecule has 0 aromatic rings. The van der Waals surface area contributed by atoms with E-state index in [1.165, 1.54) is 18.2 Å². The van der Waals surface area contributed by atoms with Gasteiger partial charge in [-0.3, -0.25) is 4.79 Å². The van der Waals surface area contributed by atoms with Crippen molar-refractivity contribution < 1.29 is 23.9 Å². The van der Waals surface area contributed by atoms with E-state index in [4.69, 9.17) is 15.9 Å². The summed E-state index contributed by atoms with van der Waals surface area (Å²) in [5.41, 5.74) is -0.711. The molecule has 1 heterocycles. The molecule has 0 bridgehead atoms. The Morgan fingerprint density at radius 2 is 1.88 bits per heavy atom. The molecule has 0 aromatic heterocycles. The van der Waals surface area contributed by atoms with Gasteiger partial charge in [-0.2, -0.15) is 0 Å². The van der Waals surface area contributed by atoms with Gasteiger partial charge >= 0.3 is 12.1 Å². The summed E-state index contributed by atoms with van der Waals surface area (Å²) in [5.74, 6) is 4.59. The molecule has 0 saturated heterocycles. The Morgan fingerprint density at radius 3 is 2.53 bits per heavy atom. The van der Waals surface area contributed by atoms with Crippen molar-refractivity contribution in [2.45, 2.75) is 96.2 Å². The van der Waals surface area contributed by atoms with E-state index in [0.29, 0.717) is 6.61 Å². The van der Waals surface area contributed by atoms with Gasteiger partial charge in [0.25, 0.3) is 0 Å². The lowest BCUT2D eigenvalue weighted by atomic mass is 10.1. The standard InChI is InChI=1S/C24H36N2O5S/c1-5-15-19-22(28)30-16-13-11-9-7-6-8-10-12-14-17-32-18-20(21(27)25-19)26-23(29)31-24(2,3)4/h1,19-20H,6-13,15-16,18H2,2-4H3,(H,25,27)(H,26,29)/t19-,20-/m0/s1. The minimum absolute atomic E-state index is 0.00329. The predicted molar refractivity (Wildman–Crippen MR) is 127 cm³/mol. The fourth-order valence-electron chi connectivity index (χ4n) is 2.92. The maximum atomic E-state index is 12.9. The third-order valence-electron chi connectivity index (χ3n) is 4.52. The molecule has 1 aliphatic rings. The number of thioether (sulfide) groups is 1. The Hall–Kier alpha value is -2.32. The Bertz CT molecular complexity index is 715. The second-order valence-corrected chi connectivity index (χ2v) is 9.48. The number of hydrogen-bond acceptors (Lipinski definition) is 6. The lowest BCUT2D eigenvalue weighted by molar-refractivity contribution is -0.148. The van der Waals surface area contributed by atoms with Crippen LogP contribution in [0.1, 0.15) is 78.6 Å². The second-order valence-electron chi connectivity index (χ2n) is 8.65. The van der Waals surface area contributed by atoms with E-state index in [2.05, 4.69) is 27.7 Å². The van der Waals surface area contributed by atoms with Crippen LogP contribution in [-0.4, -0.2) is 48.0 Å². The Morgan fingerprint density at radius 1 is 1.22 bits per heavy atom. The Labute approximate surface area is 196 Å². The summed E-state index contributed by atoms with van der Waals surface area (Å²) in [4.78, 5) is 37.5. The smallest absolute Gasteiger partial charge is 0.408 e. The zero-order valence-corrected chi connectivity index (χ0v) is 20.3. The lowest BCUT2D eigenvalue weighted by Gasteiger charge is -2.24. The van der Waals surface area contributed by atoms with Crippen LogP contribution in [-0.2, 0) is 19.1 Å². The van der Waals surface area contributed by atoms with Gasteiger partial charge in [-0.1, -0.05) is 49.8 Å². The molecule has 7 nitrogen and oxygen atoms in total. The summed E-state index contributed by atoms with van der Waals surface area (Å²) < 4.78 is 10.6. The Kier molecular flexibility index (Phi) is 13.4. The van der Waals surface area contributed by atoms with Crippen molar-refractivity contribution in [2.24, 2.45) is 0 Å². The number of nitrogens with one attached hydrogen (secondary N) is 2. The first-order valence-electron chi connectivity index (χ1n) is 11.2. The molecular weight excluding hydrogens is 428 g/mol. The number of carbonyl (C=O) groups excluding carboxylic acids is 3. The number of esters is 1. The van der Waals surface area contributed by atoms with E-state index in [1.807, 2.05) is 0 Å². The van der Waals surface area contributed by atoms with Crippen LogP contribution in [0.5, 0.6) is 0 Å². The first-order valence-corrected chi connectivity index (χ1v) is 12.2. The molecule has 0 aliphatic carbocycles. The predicted octanol–water partition coefficient (Wildman–Crippen LogP) is 3.76. The molecule has 2 atom stereocenters. The maximum absolute atomic E-state index is 12.9. The first kappa shape index (κ1) is 27.7. The third kappa shape index (κ3) is 13.2. The van der Waals surface area contributed by atoms with E-state index >= 15 is 0 Å². The van der Waals surface area contributed by atoms with Crippen LogP contribution in [0.15, 0.2) is 0 Å².